The Bertz CT molecular complexity index is 619. The van der Waals surface area contributed by atoms with E-state index < -0.39 is 11.2 Å². The maximum atomic E-state index is 11.8. The summed E-state index contributed by atoms with van der Waals surface area (Å²) < 4.78 is 22.8. The van der Waals surface area contributed by atoms with Crippen LogP contribution in [0.25, 0.3) is 0 Å². The quantitative estimate of drug-likeness (QED) is 0.707. The summed E-state index contributed by atoms with van der Waals surface area (Å²) in [6.07, 6.45) is 1.73. The Hall–Kier alpha value is -1.69. The first-order chi connectivity index (χ1) is 11.6. The smallest absolute Gasteiger partial charge is 0.161 e. The molecule has 2 aromatic carbocycles. The molecule has 4 nitrogen and oxygen atoms in total. The van der Waals surface area contributed by atoms with Crippen LogP contribution in [0.1, 0.15) is 24.1 Å². The summed E-state index contributed by atoms with van der Waals surface area (Å²) in [5, 5.41) is 3.50. The topological polar surface area (TPSA) is 53.5 Å². The van der Waals surface area contributed by atoms with E-state index in [2.05, 4.69) is 17.4 Å². The second-order valence-corrected chi connectivity index (χ2v) is 6.98. The Morgan fingerprint density at radius 3 is 2.50 bits per heavy atom. The van der Waals surface area contributed by atoms with Crippen LogP contribution in [0.2, 0.25) is 0 Å². The fraction of sp³-hybridized carbons (Fsp3) is 0.368. The zero-order valence-corrected chi connectivity index (χ0v) is 15.3. The highest BCUT2D eigenvalue weighted by molar-refractivity contribution is 7.90. The molecule has 0 aliphatic heterocycles. The van der Waals surface area contributed by atoms with Crippen LogP contribution in [0.5, 0.6) is 11.5 Å². The van der Waals surface area contributed by atoms with Crippen LogP contribution in [0.15, 0.2) is 48.5 Å². The maximum Gasteiger partial charge on any atom is 0.161 e. The van der Waals surface area contributed by atoms with E-state index in [4.69, 9.17) is 9.47 Å². The van der Waals surface area contributed by atoms with Gasteiger partial charge in [0.25, 0.3) is 0 Å². The SMILES string of the molecule is CCOc1cc(C(C[S+](C)[O-])NCc2ccccc2)ccc1OC. The van der Waals surface area contributed by atoms with E-state index in [0.29, 0.717) is 23.9 Å². The molecular formula is C19H25NO3S. The minimum absolute atomic E-state index is 0.0128. The van der Waals surface area contributed by atoms with E-state index in [9.17, 15) is 4.55 Å². The van der Waals surface area contributed by atoms with Crippen molar-refractivity contribution in [2.45, 2.75) is 19.5 Å². The van der Waals surface area contributed by atoms with Crippen LogP contribution in [0.3, 0.4) is 0 Å². The van der Waals surface area contributed by atoms with Crippen LogP contribution >= 0.6 is 0 Å². The molecule has 0 aliphatic rings. The van der Waals surface area contributed by atoms with Crippen molar-refractivity contribution in [3.05, 3.63) is 59.7 Å². The standard InChI is InChI=1S/C19H25NO3S/c1-4-23-19-12-16(10-11-18(19)22-2)17(14-24(3)21)20-13-15-8-6-5-7-9-15/h5-12,17,20H,4,13-14H2,1-3H3. The van der Waals surface area contributed by atoms with Gasteiger partial charge in [-0.3, -0.25) is 0 Å². The second-order valence-electron chi connectivity index (χ2n) is 5.50. The number of hydrogen-bond acceptors (Lipinski definition) is 4. The minimum Gasteiger partial charge on any atom is -0.616 e. The molecule has 0 saturated carbocycles. The lowest BCUT2D eigenvalue weighted by atomic mass is 10.1. The predicted octanol–water partition coefficient (Wildman–Crippen LogP) is 3.30. The first-order valence-electron chi connectivity index (χ1n) is 8.02. The lowest BCUT2D eigenvalue weighted by Crippen LogP contribution is -2.27. The summed E-state index contributed by atoms with van der Waals surface area (Å²) in [7, 11) is 1.63. The first-order valence-corrected chi connectivity index (χ1v) is 9.74. The molecule has 2 unspecified atom stereocenters. The Morgan fingerprint density at radius 2 is 1.88 bits per heavy atom. The van der Waals surface area contributed by atoms with Crippen molar-refractivity contribution in [1.29, 1.82) is 0 Å². The summed E-state index contributed by atoms with van der Waals surface area (Å²) in [4.78, 5) is 0. The lowest BCUT2D eigenvalue weighted by molar-refractivity contribution is 0.310. The van der Waals surface area contributed by atoms with Gasteiger partial charge in [0.15, 0.2) is 11.5 Å². The average Bonchev–Trinajstić information content (AvgIpc) is 2.59. The van der Waals surface area contributed by atoms with Crippen LogP contribution in [0, 0.1) is 0 Å². The molecule has 0 aliphatic carbocycles. The molecule has 0 saturated heterocycles. The predicted molar refractivity (Wildman–Crippen MR) is 99.1 cm³/mol. The van der Waals surface area contributed by atoms with Gasteiger partial charge in [0, 0.05) is 6.54 Å². The van der Waals surface area contributed by atoms with Crippen molar-refractivity contribution in [2.24, 2.45) is 0 Å². The molecular weight excluding hydrogens is 322 g/mol. The van der Waals surface area contributed by atoms with Crippen molar-refractivity contribution < 1.29 is 14.0 Å². The van der Waals surface area contributed by atoms with Crippen molar-refractivity contribution >= 4 is 11.2 Å². The minimum atomic E-state index is -0.906. The number of hydrogen-bond donors (Lipinski definition) is 1. The molecule has 1 N–H and O–H groups in total. The van der Waals surface area contributed by atoms with Gasteiger partial charge in [-0.2, -0.15) is 0 Å². The highest BCUT2D eigenvalue weighted by Gasteiger charge is 2.18. The Morgan fingerprint density at radius 1 is 1.12 bits per heavy atom. The third kappa shape index (κ3) is 5.44. The summed E-state index contributed by atoms with van der Waals surface area (Å²) >= 11 is -0.906. The van der Waals surface area contributed by atoms with Crippen LogP contribution in [-0.4, -0.2) is 30.3 Å². The number of rotatable bonds is 9. The van der Waals surface area contributed by atoms with Crippen LogP contribution in [0.4, 0.5) is 0 Å². The average molecular weight is 347 g/mol. The second kappa shape index (κ2) is 9.57. The molecule has 0 radical (unpaired) electrons. The number of nitrogens with one attached hydrogen (secondary N) is 1. The van der Waals surface area contributed by atoms with Gasteiger partial charge >= 0.3 is 0 Å². The van der Waals surface area contributed by atoms with Gasteiger partial charge in [0.1, 0.15) is 5.75 Å². The zero-order chi connectivity index (χ0) is 17.4. The first kappa shape index (κ1) is 18.6. The fourth-order valence-corrected chi connectivity index (χ4v) is 3.30. The van der Waals surface area contributed by atoms with Gasteiger partial charge in [-0.1, -0.05) is 47.6 Å². The monoisotopic (exact) mass is 347 g/mol. The summed E-state index contributed by atoms with van der Waals surface area (Å²) in [6.45, 7) is 3.23. The molecule has 2 rings (SSSR count). The summed E-state index contributed by atoms with van der Waals surface area (Å²) in [6, 6.07) is 16.0. The highest BCUT2D eigenvalue weighted by Crippen LogP contribution is 2.31. The number of ether oxygens (including phenoxy) is 2. The molecule has 0 spiro atoms. The largest absolute Gasteiger partial charge is 0.616 e. The van der Waals surface area contributed by atoms with Gasteiger partial charge in [-0.15, -0.1) is 0 Å². The van der Waals surface area contributed by atoms with E-state index in [0.717, 1.165) is 12.1 Å². The van der Waals surface area contributed by atoms with Gasteiger partial charge in [0.05, 0.1) is 26.0 Å². The third-order valence-corrected chi connectivity index (χ3v) is 4.49. The molecule has 130 valence electrons. The normalized spacial score (nSPS) is 13.3. The molecule has 24 heavy (non-hydrogen) atoms. The Kier molecular flexibility index (Phi) is 7.43. The Balaban J connectivity index is 2.18. The summed E-state index contributed by atoms with van der Waals surface area (Å²) in [5.74, 6) is 1.97. The molecule has 0 aromatic heterocycles. The Labute approximate surface area is 147 Å². The number of methoxy groups -OCH3 is 1. The van der Waals surface area contributed by atoms with Crippen molar-refractivity contribution in [1.82, 2.24) is 5.32 Å². The van der Waals surface area contributed by atoms with Crippen molar-refractivity contribution in [3.63, 3.8) is 0 Å². The van der Waals surface area contributed by atoms with E-state index >= 15 is 0 Å². The van der Waals surface area contributed by atoms with Crippen LogP contribution < -0.4 is 14.8 Å². The third-order valence-electron chi connectivity index (χ3n) is 3.69. The maximum absolute atomic E-state index is 11.8. The molecule has 0 heterocycles. The fourth-order valence-electron chi connectivity index (χ4n) is 2.52. The van der Waals surface area contributed by atoms with Gasteiger partial charge < -0.3 is 19.3 Å². The van der Waals surface area contributed by atoms with E-state index in [1.807, 2.05) is 43.3 Å². The van der Waals surface area contributed by atoms with Gasteiger partial charge in [-0.25, -0.2) is 0 Å². The molecule has 2 aromatic rings. The van der Waals surface area contributed by atoms with Gasteiger partial charge in [-0.05, 0) is 30.2 Å². The van der Waals surface area contributed by atoms with Crippen LogP contribution in [-0.2, 0) is 17.7 Å². The highest BCUT2D eigenvalue weighted by atomic mass is 32.2. The molecule has 0 fully saturated rings. The van der Waals surface area contributed by atoms with Crippen molar-refractivity contribution in [2.75, 3.05) is 25.7 Å². The van der Waals surface area contributed by atoms with E-state index in [1.54, 1.807) is 13.4 Å². The van der Waals surface area contributed by atoms with Crippen molar-refractivity contribution in [3.8, 4) is 11.5 Å². The number of benzene rings is 2. The lowest BCUT2D eigenvalue weighted by Gasteiger charge is -2.21. The molecule has 0 amide bonds. The molecule has 2 atom stereocenters. The molecule has 0 bridgehead atoms. The summed E-state index contributed by atoms with van der Waals surface area (Å²) in [5.41, 5.74) is 2.24. The van der Waals surface area contributed by atoms with E-state index in [1.165, 1.54) is 5.56 Å². The zero-order valence-electron chi connectivity index (χ0n) is 14.5. The van der Waals surface area contributed by atoms with E-state index in [-0.39, 0.29) is 6.04 Å². The molecule has 5 heteroatoms. The van der Waals surface area contributed by atoms with Gasteiger partial charge in [0.2, 0.25) is 0 Å².